The fourth-order valence-electron chi connectivity index (χ4n) is 5.15. The standard InChI is InChI=1S/C27H23BrCl2N2O4/c1-14-8-17(32(33)34)12-20-18-4-3-5-19(18)26(31-25(14)20)16-10-21(28)27(24(11-16)35-2)36-13-15-6-7-22(29)23(30)9-15/h3-4,6-12,18-19,26,31H,5,13H2,1-2H3/t18-,19-,26-/m0/s1. The number of hydrogen-bond acceptors (Lipinski definition) is 5. The number of ether oxygens (including phenoxy) is 2. The number of rotatable bonds is 6. The first-order valence-electron chi connectivity index (χ1n) is 11.4. The third-order valence-electron chi connectivity index (χ3n) is 6.84. The van der Waals surface area contributed by atoms with Crippen LogP contribution in [0.4, 0.5) is 11.4 Å². The average Bonchev–Trinajstić information content (AvgIpc) is 3.35. The fraction of sp³-hybridized carbons (Fsp3) is 0.259. The second-order valence-corrected chi connectivity index (χ2v) is 10.7. The van der Waals surface area contributed by atoms with Gasteiger partial charge in [-0.15, -0.1) is 0 Å². The number of hydrogen-bond donors (Lipinski definition) is 1. The first-order valence-corrected chi connectivity index (χ1v) is 13.0. The van der Waals surface area contributed by atoms with Crippen molar-refractivity contribution in [2.45, 2.75) is 31.9 Å². The van der Waals surface area contributed by atoms with Gasteiger partial charge in [0.05, 0.1) is 32.6 Å². The Bertz CT molecular complexity index is 1390. The Morgan fingerprint density at radius 3 is 2.69 bits per heavy atom. The third kappa shape index (κ3) is 4.56. The van der Waals surface area contributed by atoms with Crippen molar-refractivity contribution in [2.24, 2.45) is 5.92 Å². The molecule has 0 fully saturated rings. The molecular weight excluding hydrogens is 567 g/mol. The molecule has 0 radical (unpaired) electrons. The summed E-state index contributed by atoms with van der Waals surface area (Å²) in [6, 6.07) is 12.8. The number of non-ortho nitro benzene ring substituents is 1. The molecule has 3 aromatic rings. The third-order valence-corrected chi connectivity index (χ3v) is 8.17. The van der Waals surface area contributed by atoms with E-state index in [4.69, 9.17) is 32.7 Å². The van der Waals surface area contributed by atoms with Crippen molar-refractivity contribution in [3.8, 4) is 11.5 Å². The zero-order chi connectivity index (χ0) is 25.6. The number of allylic oxidation sites excluding steroid dienone is 2. The van der Waals surface area contributed by atoms with Gasteiger partial charge in [-0.3, -0.25) is 10.1 Å². The predicted molar refractivity (Wildman–Crippen MR) is 146 cm³/mol. The monoisotopic (exact) mass is 588 g/mol. The Hall–Kier alpha value is -2.74. The molecule has 3 atom stereocenters. The van der Waals surface area contributed by atoms with Crippen molar-refractivity contribution < 1.29 is 14.4 Å². The minimum absolute atomic E-state index is 0.00743. The number of nitrogens with zero attached hydrogens (tertiary/aromatic N) is 1. The van der Waals surface area contributed by atoms with E-state index in [9.17, 15) is 10.1 Å². The van der Waals surface area contributed by atoms with Gasteiger partial charge in [-0.1, -0.05) is 41.4 Å². The van der Waals surface area contributed by atoms with Gasteiger partial charge in [0.15, 0.2) is 11.5 Å². The lowest BCUT2D eigenvalue weighted by Crippen LogP contribution is -2.29. The lowest BCUT2D eigenvalue weighted by atomic mass is 9.76. The topological polar surface area (TPSA) is 73.6 Å². The van der Waals surface area contributed by atoms with Gasteiger partial charge in [0.25, 0.3) is 5.69 Å². The van der Waals surface area contributed by atoms with Crippen molar-refractivity contribution in [2.75, 3.05) is 12.4 Å². The zero-order valence-corrected chi connectivity index (χ0v) is 22.7. The molecule has 0 aromatic heterocycles. The van der Waals surface area contributed by atoms with Gasteiger partial charge in [-0.25, -0.2) is 0 Å². The van der Waals surface area contributed by atoms with Gasteiger partial charge in [0, 0.05) is 23.7 Å². The number of methoxy groups -OCH3 is 1. The molecule has 1 aliphatic heterocycles. The maximum Gasteiger partial charge on any atom is 0.270 e. The summed E-state index contributed by atoms with van der Waals surface area (Å²) < 4.78 is 12.6. The maximum absolute atomic E-state index is 11.5. The largest absolute Gasteiger partial charge is 0.493 e. The molecule has 0 saturated heterocycles. The molecule has 0 unspecified atom stereocenters. The van der Waals surface area contributed by atoms with E-state index in [1.54, 1.807) is 31.4 Å². The van der Waals surface area contributed by atoms with Crippen LogP contribution < -0.4 is 14.8 Å². The minimum Gasteiger partial charge on any atom is -0.493 e. The quantitative estimate of drug-likeness (QED) is 0.177. The van der Waals surface area contributed by atoms with Crippen molar-refractivity contribution in [3.05, 3.63) is 102 Å². The molecule has 0 bridgehead atoms. The minimum atomic E-state index is -0.328. The molecule has 1 N–H and O–H groups in total. The maximum atomic E-state index is 11.5. The van der Waals surface area contributed by atoms with Crippen LogP contribution in [-0.2, 0) is 6.61 Å². The van der Waals surface area contributed by atoms with Gasteiger partial charge < -0.3 is 14.8 Å². The number of nitro benzene ring substituents is 1. The number of halogens is 3. The van der Waals surface area contributed by atoms with Gasteiger partial charge in [-0.2, -0.15) is 0 Å². The van der Waals surface area contributed by atoms with E-state index in [1.807, 2.05) is 25.1 Å². The van der Waals surface area contributed by atoms with E-state index < -0.39 is 0 Å². The highest BCUT2D eigenvalue weighted by atomic mass is 79.9. The molecule has 9 heteroatoms. The van der Waals surface area contributed by atoms with Crippen LogP contribution in [0.3, 0.4) is 0 Å². The van der Waals surface area contributed by atoms with E-state index in [2.05, 4.69) is 33.4 Å². The van der Waals surface area contributed by atoms with E-state index >= 15 is 0 Å². The molecule has 5 rings (SSSR count). The molecule has 1 aliphatic carbocycles. The second kappa shape index (κ2) is 9.96. The molecule has 0 amide bonds. The summed E-state index contributed by atoms with van der Waals surface area (Å²) in [5.41, 5.74) is 4.84. The van der Waals surface area contributed by atoms with E-state index in [-0.39, 0.29) is 28.5 Å². The van der Waals surface area contributed by atoms with Crippen LogP contribution in [0.5, 0.6) is 11.5 Å². The van der Waals surface area contributed by atoms with Crippen LogP contribution in [0.1, 0.15) is 40.6 Å². The number of fused-ring (bicyclic) bond motifs is 3. The SMILES string of the molecule is COc1cc([C@@H]2Nc3c(C)cc([N+](=O)[O-])cc3[C@H]3C=CC[C@@H]32)cc(Br)c1OCc1ccc(Cl)c(Cl)c1. The van der Waals surface area contributed by atoms with E-state index in [0.717, 1.165) is 38.8 Å². The summed E-state index contributed by atoms with van der Waals surface area (Å²) in [4.78, 5) is 11.1. The van der Waals surface area contributed by atoms with Gasteiger partial charge in [0.2, 0.25) is 0 Å². The highest BCUT2D eigenvalue weighted by Crippen LogP contribution is 2.52. The average molecular weight is 590 g/mol. The van der Waals surface area contributed by atoms with Gasteiger partial charge >= 0.3 is 0 Å². The highest BCUT2D eigenvalue weighted by molar-refractivity contribution is 9.10. The van der Waals surface area contributed by atoms with Crippen LogP contribution in [-0.4, -0.2) is 12.0 Å². The Labute approximate surface area is 227 Å². The Morgan fingerprint density at radius 2 is 1.97 bits per heavy atom. The Kier molecular flexibility index (Phi) is 6.90. The lowest BCUT2D eigenvalue weighted by Gasteiger charge is -2.38. The Morgan fingerprint density at radius 1 is 1.17 bits per heavy atom. The number of benzene rings is 3. The van der Waals surface area contributed by atoms with Crippen molar-refractivity contribution in [3.63, 3.8) is 0 Å². The van der Waals surface area contributed by atoms with Crippen molar-refractivity contribution in [1.82, 2.24) is 0 Å². The molecular formula is C27H23BrCl2N2O4. The van der Waals surface area contributed by atoms with Crippen LogP contribution in [0.2, 0.25) is 10.0 Å². The summed E-state index contributed by atoms with van der Waals surface area (Å²) >= 11 is 15.8. The molecule has 2 aliphatic rings. The van der Waals surface area contributed by atoms with E-state index in [1.165, 1.54) is 0 Å². The van der Waals surface area contributed by atoms with E-state index in [0.29, 0.717) is 28.2 Å². The number of nitrogens with one attached hydrogen (secondary N) is 1. The van der Waals surface area contributed by atoms with Crippen LogP contribution in [0, 0.1) is 23.0 Å². The van der Waals surface area contributed by atoms with Gasteiger partial charge in [-0.05, 0) is 81.7 Å². The Balaban J connectivity index is 1.47. The molecule has 6 nitrogen and oxygen atoms in total. The molecule has 0 spiro atoms. The lowest BCUT2D eigenvalue weighted by molar-refractivity contribution is -0.385. The highest BCUT2D eigenvalue weighted by Gasteiger charge is 2.40. The first kappa shape index (κ1) is 24.9. The normalized spacial score (nSPS) is 19.9. The summed E-state index contributed by atoms with van der Waals surface area (Å²) in [6.07, 6.45) is 5.20. The summed E-state index contributed by atoms with van der Waals surface area (Å²) in [7, 11) is 1.62. The number of aryl methyl sites for hydroxylation is 1. The van der Waals surface area contributed by atoms with Crippen molar-refractivity contribution in [1.29, 1.82) is 0 Å². The predicted octanol–water partition coefficient (Wildman–Crippen LogP) is 8.39. The zero-order valence-electron chi connectivity index (χ0n) is 19.6. The number of nitro groups is 1. The molecule has 3 aromatic carbocycles. The molecule has 1 heterocycles. The van der Waals surface area contributed by atoms with Crippen LogP contribution in [0.15, 0.2) is 59.1 Å². The van der Waals surface area contributed by atoms with Crippen molar-refractivity contribution >= 4 is 50.5 Å². The number of anilines is 1. The summed E-state index contributed by atoms with van der Waals surface area (Å²) in [5.74, 6) is 1.52. The molecule has 186 valence electrons. The molecule has 36 heavy (non-hydrogen) atoms. The summed E-state index contributed by atoms with van der Waals surface area (Å²) in [6.45, 7) is 2.21. The van der Waals surface area contributed by atoms with Crippen LogP contribution >= 0.6 is 39.1 Å². The fourth-order valence-corrected chi connectivity index (χ4v) is 6.04. The van der Waals surface area contributed by atoms with Crippen LogP contribution in [0.25, 0.3) is 0 Å². The van der Waals surface area contributed by atoms with Gasteiger partial charge in [0.1, 0.15) is 6.61 Å². The first-order chi connectivity index (χ1) is 17.3. The molecule has 0 saturated carbocycles. The second-order valence-electron chi connectivity index (χ2n) is 9.03. The smallest absolute Gasteiger partial charge is 0.270 e. The summed E-state index contributed by atoms with van der Waals surface area (Å²) in [5, 5.41) is 16.1.